The van der Waals surface area contributed by atoms with Gasteiger partial charge in [-0.1, -0.05) is 59.2 Å². The second-order valence-corrected chi connectivity index (χ2v) is 11.1. The van der Waals surface area contributed by atoms with Gasteiger partial charge in [0, 0.05) is 48.8 Å². The smallest absolute Gasteiger partial charge is 0.253 e. The number of nitrogens with zero attached hydrogens (tertiary/aromatic N) is 1. The van der Waals surface area contributed by atoms with Crippen molar-refractivity contribution in [2.45, 2.75) is 78.8 Å². The molecule has 2 aromatic rings. The molecule has 0 heterocycles. The van der Waals surface area contributed by atoms with Gasteiger partial charge in [0.2, 0.25) is 5.91 Å². The van der Waals surface area contributed by atoms with Crippen LogP contribution in [0.1, 0.15) is 86.6 Å². The Morgan fingerprint density at radius 2 is 1.59 bits per heavy atom. The number of rotatable bonds is 17. The lowest BCUT2D eigenvalue weighted by Gasteiger charge is -2.28. The lowest BCUT2D eigenvalue weighted by atomic mass is 9.91. The summed E-state index contributed by atoms with van der Waals surface area (Å²) in [5, 5.41) is 6.13. The Hall–Kier alpha value is -3.39. The van der Waals surface area contributed by atoms with Crippen LogP contribution >= 0.6 is 0 Å². The predicted octanol–water partition coefficient (Wildman–Crippen LogP) is 4.81. The van der Waals surface area contributed by atoms with Crippen molar-refractivity contribution in [1.82, 2.24) is 15.5 Å². The van der Waals surface area contributed by atoms with Gasteiger partial charge in [-0.25, -0.2) is 0 Å². The summed E-state index contributed by atoms with van der Waals surface area (Å²) in [6.07, 6.45) is 3.62. The van der Waals surface area contributed by atoms with Crippen molar-refractivity contribution in [1.29, 1.82) is 0 Å². The first kappa shape index (κ1) is 33.8. The molecule has 0 radical (unpaired) electrons. The highest BCUT2D eigenvalue weighted by atomic mass is 16.5. The second-order valence-electron chi connectivity index (χ2n) is 11.1. The van der Waals surface area contributed by atoms with Gasteiger partial charge in [-0.15, -0.1) is 0 Å². The van der Waals surface area contributed by atoms with Gasteiger partial charge in [0.15, 0.2) is 0 Å². The van der Waals surface area contributed by atoms with Crippen molar-refractivity contribution in [3.63, 3.8) is 0 Å². The van der Waals surface area contributed by atoms with E-state index in [0.717, 1.165) is 30.6 Å². The molecule has 0 fully saturated rings. The van der Waals surface area contributed by atoms with E-state index in [-0.39, 0.29) is 23.6 Å². The van der Waals surface area contributed by atoms with E-state index in [1.165, 1.54) is 0 Å². The predicted molar refractivity (Wildman–Crippen MR) is 165 cm³/mol. The van der Waals surface area contributed by atoms with Crippen LogP contribution in [0, 0.1) is 11.8 Å². The number of amides is 3. The minimum atomic E-state index is -0.472. The number of nitrogens with two attached hydrogens (primary N) is 1. The van der Waals surface area contributed by atoms with Crippen LogP contribution in [-0.2, 0) is 11.2 Å². The monoisotopic (exact) mass is 566 g/mol. The standard InChI is InChI=1S/C33H50N4O4/c1-7-17-37(18-8-2)33(40)27-12-10-11-26(21-27)32(39)36-30(20-25-13-15-28(41-6)16-14-25)29(34)19-24(5)31(38)35-22-23(4)9-3/h10-16,21,23-24,29-30H,7-9,17-20,22,34H2,1-6H3,(H,35,38)(H,36,39)/t23-,24+,29-,30-/m0/s1. The molecule has 0 aliphatic carbocycles. The summed E-state index contributed by atoms with van der Waals surface area (Å²) in [7, 11) is 1.62. The van der Waals surface area contributed by atoms with Crippen LogP contribution < -0.4 is 21.1 Å². The Morgan fingerprint density at radius 3 is 2.17 bits per heavy atom. The molecular formula is C33H50N4O4. The van der Waals surface area contributed by atoms with Crippen LogP contribution in [-0.4, -0.2) is 61.4 Å². The number of methoxy groups -OCH3 is 1. The average molecular weight is 567 g/mol. The fourth-order valence-corrected chi connectivity index (χ4v) is 4.68. The Morgan fingerprint density at radius 1 is 0.951 bits per heavy atom. The first-order chi connectivity index (χ1) is 19.6. The quantitative estimate of drug-likeness (QED) is 0.254. The topological polar surface area (TPSA) is 114 Å². The maximum Gasteiger partial charge on any atom is 0.253 e. The zero-order valence-corrected chi connectivity index (χ0v) is 25.7. The molecule has 0 aliphatic rings. The number of hydrogen-bond donors (Lipinski definition) is 3. The number of benzene rings is 2. The molecule has 226 valence electrons. The Bertz CT molecular complexity index is 1100. The van der Waals surface area contributed by atoms with E-state index < -0.39 is 12.1 Å². The van der Waals surface area contributed by atoms with Crippen molar-refractivity contribution < 1.29 is 19.1 Å². The maximum absolute atomic E-state index is 13.5. The lowest BCUT2D eigenvalue weighted by molar-refractivity contribution is -0.125. The van der Waals surface area contributed by atoms with Gasteiger partial charge in [-0.3, -0.25) is 14.4 Å². The maximum atomic E-state index is 13.5. The molecule has 8 heteroatoms. The largest absolute Gasteiger partial charge is 0.497 e. The first-order valence-electron chi connectivity index (χ1n) is 15.0. The first-order valence-corrected chi connectivity index (χ1v) is 15.0. The van der Waals surface area contributed by atoms with E-state index in [9.17, 15) is 14.4 Å². The minimum absolute atomic E-state index is 0.0369. The SMILES string of the molecule is CCCN(CCC)C(=O)c1cccc(C(=O)N[C@@H](Cc2ccc(OC)cc2)[C@@H](N)C[C@@H](C)C(=O)NC[C@@H](C)CC)c1. The van der Waals surface area contributed by atoms with Gasteiger partial charge < -0.3 is 26.0 Å². The van der Waals surface area contributed by atoms with Crippen molar-refractivity contribution in [3.05, 3.63) is 65.2 Å². The summed E-state index contributed by atoms with van der Waals surface area (Å²) in [5.74, 6) is 0.415. The summed E-state index contributed by atoms with van der Waals surface area (Å²) in [6, 6.07) is 13.6. The van der Waals surface area contributed by atoms with Gasteiger partial charge >= 0.3 is 0 Å². The molecule has 0 aromatic heterocycles. The van der Waals surface area contributed by atoms with Crippen LogP contribution in [0.4, 0.5) is 0 Å². The summed E-state index contributed by atoms with van der Waals surface area (Å²) >= 11 is 0. The van der Waals surface area contributed by atoms with Crippen molar-refractivity contribution in [3.8, 4) is 5.75 Å². The Balaban J connectivity index is 2.23. The van der Waals surface area contributed by atoms with Gasteiger partial charge in [-0.2, -0.15) is 0 Å². The third-order valence-electron chi connectivity index (χ3n) is 7.49. The molecule has 2 rings (SSSR count). The minimum Gasteiger partial charge on any atom is -0.497 e. The normalized spacial score (nSPS) is 13.9. The van der Waals surface area contributed by atoms with E-state index in [1.807, 2.05) is 49.9 Å². The Kier molecular flexibility index (Phi) is 14.4. The molecular weight excluding hydrogens is 516 g/mol. The van der Waals surface area contributed by atoms with Crippen molar-refractivity contribution in [2.24, 2.45) is 17.6 Å². The summed E-state index contributed by atoms with van der Waals surface area (Å²) in [5.41, 5.74) is 8.55. The molecule has 0 aliphatic heterocycles. The molecule has 3 amide bonds. The third kappa shape index (κ3) is 10.8. The van der Waals surface area contributed by atoms with Crippen molar-refractivity contribution >= 4 is 17.7 Å². The molecule has 2 aromatic carbocycles. The number of carbonyl (C=O) groups excluding carboxylic acids is 3. The highest BCUT2D eigenvalue weighted by Gasteiger charge is 2.26. The third-order valence-corrected chi connectivity index (χ3v) is 7.49. The van der Waals surface area contributed by atoms with E-state index in [4.69, 9.17) is 10.5 Å². The number of hydrogen-bond acceptors (Lipinski definition) is 5. The molecule has 4 N–H and O–H groups in total. The van der Waals surface area contributed by atoms with Crippen LogP contribution in [0.15, 0.2) is 48.5 Å². The van der Waals surface area contributed by atoms with Gasteiger partial charge in [0.25, 0.3) is 11.8 Å². The van der Waals surface area contributed by atoms with Crippen LogP contribution in [0.25, 0.3) is 0 Å². The number of nitrogens with one attached hydrogen (secondary N) is 2. The van der Waals surface area contributed by atoms with E-state index in [2.05, 4.69) is 24.5 Å². The molecule has 0 bridgehead atoms. The molecule has 0 spiro atoms. The summed E-state index contributed by atoms with van der Waals surface area (Å²) < 4.78 is 5.28. The fraction of sp³-hybridized carbons (Fsp3) is 0.545. The number of ether oxygens (including phenoxy) is 1. The van der Waals surface area contributed by atoms with Crippen molar-refractivity contribution in [2.75, 3.05) is 26.7 Å². The molecule has 0 saturated heterocycles. The molecule has 0 unspecified atom stereocenters. The van der Waals surface area contributed by atoms with Gasteiger partial charge in [0.05, 0.1) is 7.11 Å². The van der Waals surface area contributed by atoms with Crippen LogP contribution in [0.2, 0.25) is 0 Å². The van der Waals surface area contributed by atoms with Gasteiger partial charge in [-0.05, 0) is 67.5 Å². The second kappa shape index (κ2) is 17.4. The van der Waals surface area contributed by atoms with Gasteiger partial charge in [0.1, 0.15) is 5.75 Å². The highest BCUT2D eigenvalue weighted by molar-refractivity contribution is 5.99. The highest BCUT2D eigenvalue weighted by Crippen LogP contribution is 2.17. The summed E-state index contributed by atoms with van der Waals surface area (Å²) in [6.45, 7) is 12.1. The summed E-state index contributed by atoms with van der Waals surface area (Å²) in [4.78, 5) is 41.2. The molecule has 41 heavy (non-hydrogen) atoms. The average Bonchev–Trinajstić information content (AvgIpc) is 2.99. The Labute approximate surface area is 246 Å². The van der Waals surface area contributed by atoms with E-state index in [1.54, 1.807) is 31.4 Å². The molecule has 8 nitrogen and oxygen atoms in total. The fourth-order valence-electron chi connectivity index (χ4n) is 4.68. The zero-order chi connectivity index (χ0) is 30.4. The molecule has 4 atom stereocenters. The van der Waals surface area contributed by atoms with E-state index in [0.29, 0.717) is 49.5 Å². The van der Waals surface area contributed by atoms with Crippen LogP contribution in [0.3, 0.4) is 0 Å². The van der Waals surface area contributed by atoms with E-state index >= 15 is 0 Å². The number of carbonyl (C=O) groups is 3. The van der Waals surface area contributed by atoms with Crippen LogP contribution in [0.5, 0.6) is 5.75 Å². The lowest BCUT2D eigenvalue weighted by Crippen LogP contribution is -2.50. The zero-order valence-electron chi connectivity index (χ0n) is 25.7. The molecule has 0 saturated carbocycles.